The van der Waals surface area contributed by atoms with E-state index in [0.717, 1.165) is 5.56 Å². The zero-order valence-electron chi connectivity index (χ0n) is 11.3. The van der Waals surface area contributed by atoms with Gasteiger partial charge < -0.3 is 15.2 Å². The minimum absolute atomic E-state index is 0.181. The first-order chi connectivity index (χ1) is 7.95. The molecule has 1 aromatic rings. The molecule has 0 heterocycles. The third-order valence-electron chi connectivity index (χ3n) is 3.22. The molecule has 0 amide bonds. The van der Waals surface area contributed by atoms with Crippen LogP contribution >= 0.6 is 0 Å². The highest BCUT2D eigenvalue weighted by molar-refractivity contribution is 5.42. The van der Waals surface area contributed by atoms with Crippen LogP contribution in [0, 0.1) is 5.92 Å². The van der Waals surface area contributed by atoms with Crippen LogP contribution in [0.1, 0.15) is 39.3 Å². The lowest BCUT2D eigenvalue weighted by Gasteiger charge is -2.23. The predicted octanol–water partition coefficient (Wildman–Crippen LogP) is 3.10. The molecule has 0 aliphatic rings. The molecule has 0 radical (unpaired) electrons. The number of nitrogens with one attached hydrogen (secondary N) is 1. The van der Waals surface area contributed by atoms with Gasteiger partial charge in [0.2, 0.25) is 0 Å². The van der Waals surface area contributed by atoms with Crippen molar-refractivity contribution in [2.24, 2.45) is 5.92 Å². The van der Waals surface area contributed by atoms with Crippen LogP contribution in [0.25, 0.3) is 0 Å². The van der Waals surface area contributed by atoms with Crippen LogP contribution in [0.2, 0.25) is 0 Å². The van der Waals surface area contributed by atoms with Crippen molar-refractivity contribution in [3.8, 4) is 11.5 Å². The average Bonchev–Trinajstić information content (AvgIpc) is 2.29. The van der Waals surface area contributed by atoms with E-state index in [1.807, 2.05) is 12.1 Å². The van der Waals surface area contributed by atoms with Gasteiger partial charge in [0, 0.05) is 12.1 Å². The second-order valence-electron chi connectivity index (χ2n) is 4.85. The van der Waals surface area contributed by atoms with Crippen molar-refractivity contribution in [2.45, 2.75) is 39.8 Å². The molecule has 17 heavy (non-hydrogen) atoms. The lowest BCUT2D eigenvalue weighted by atomic mass is 10.0. The minimum atomic E-state index is 0.181. The molecule has 1 aromatic carbocycles. The van der Waals surface area contributed by atoms with Crippen LogP contribution in [0.3, 0.4) is 0 Å². The van der Waals surface area contributed by atoms with E-state index in [4.69, 9.17) is 4.74 Å². The summed E-state index contributed by atoms with van der Waals surface area (Å²) in [6.07, 6.45) is 0. The highest BCUT2D eigenvalue weighted by Gasteiger charge is 2.13. The summed E-state index contributed by atoms with van der Waals surface area (Å²) in [4.78, 5) is 0. The number of phenols is 1. The second-order valence-corrected chi connectivity index (χ2v) is 4.85. The van der Waals surface area contributed by atoms with E-state index in [-0.39, 0.29) is 11.8 Å². The number of hydrogen-bond donors (Lipinski definition) is 2. The van der Waals surface area contributed by atoms with E-state index in [2.05, 4.69) is 33.0 Å². The van der Waals surface area contributed by atoms with Gasteiger partial charge in [-0.1, -0.05) is 19.9 Å². The van der Waals surface area contributed by atoms with E-state index in [1.165, 1.54) is 0 Å². The molecule has 0 saturated heterocycles. The van der Waals surface area contributed by atoms with Crippen molar-refractivity contribution in [3.05, 3.63) is 23.8 Å². The Hall–Kier alpha value is -1.22. The number of rotatable bonds is 5. The number of methoxy groups -OCH3 is 1. The molecular weight excluding hydrogens is 214 g/mol. The summed E-state index contributed by atoms with van der Waals surface area (Å²) >= 11 is 0. The summed E-state index contributed by atoms with van der Waals surface area (Å²) in [5.41, 5.74) is 1.12. The first kappa shape index (κ1) is 13.8. The van der Waals surface area contributed by atoms with Crippen LogP contribution in [0.4, 0.5) is 0 Å². The normalized spacial score (nSPS) is 14.7. The van der Waals surface area contributed by atoms with Crippen molar-refractivity contribution in [2.75, 3.05) is 7.11 Å². The first-order valence-corrected chi connectivity index (χ1v) is 6.08. The van der Waals surface area contributed by atoms with Crippen LogP contribution in [-0.2, 0) is 0 Å². The van der Waals surface area contributed by atoms with Crippen molar-refractivity contribution >= 4 is 0 Å². The van der Waals surface area contributed by atoms with Gasteiger partial charge in [0.1, 0.15) is 0 Å². The largest absolute Gasteiger partial charge is 0.504 e. The molecule has 0 saturated carbocycles. The highest BCUT2D eigenvalue weighted by Crippen LogP contribution is 2.29. The van der Waals surface area contributed by atoms with Gasteiger partial charge >= 0.3 is 0 Å². The fourth-order valence-corrected chi connectivity index (χ4v) is 1.65. The Balaban J connectivity index is 2.78. The van der Waals surface area contributed by atoms with Crippen LogP contribution in [0.5, 0.6) is 11.5 Å². The molecular formula is C14H23NO2. The lowest BCUT2D eigenvalue weighted by Crippen LogP contribution is -2.32. The Labute approximate surface area is 104 Å². The number of hydrogen-bond acceptors (Lipinski definition) is 3. The number of aromatic hydroxyl groups is 1. The molecule has 0 spiro atoms. The molecule has 2 N–H and O–H groups in total. The van der Waals surface area contributed by atoms with Gasteiger partial charge in [-0.3, -0.25) is 0 Å². The van der Waals surface area contributed by atoms with Crippen LogP contribution < -0.4 is 10.1 Å². The maximum Gasteiger partial charge on any atom is 0.160 e. The second kappa shape index (κ2) is 5.92. The molecule has 2 unspecified atom stereocenters. The molecule has 1 rings (SSSR count). The van der Waals surface area contributed by atoms with Gasteiger partial charge in [0.25, 0.3) is 0 Å². The first-order valence-electron chi connectivity index (χ1n) is 6.08. The summed E-state index contributed by atoms with van der Waals surface area (Å²) in [5, 5.41) is 13.1. The number of benzene rings is 1. The Bertz CT molecular complexity index is 363. The Kier molecular flexibility index (Phi) is 4.82. The average molecular weight is 237 g/mol. The van der Waals surface area contributed by atoms with Gasteiger partial charge in [-0.25, -0.2) is 0 Å². The van der Waals surface area contributed by atoms with E-state index in [9.17, 15) is 5.11 Å². The third-order valence-corrected chi connectivity index (χ3v) is 3.22. The van der Waals surface area contributed by atoms with E-state index in [1.54, 1.807) is 13.2 Å². The summed E-state index contributed by atoms with van der Waals surface area (Å²) in [6.45, 7) is 8.69. The Morgan fingerprint density at radius 2 is 1.82 bits per heavy atom. The fourth-order valence-electron chi connectivity index (χ4n) is 1.65. The summed E-state index contributed by atoms with van der Waals surface area (Å²) in [5.74, 6) is 1.30. The van der Waals surface area contributed by atoms with Gasteiger partial charge in [-0.2, -0.15) is 0 Å². The van der Waals surface area contributed by atoms with E-state index >= 15 is 0 Å². The monoisotopic (exact) mass is 237 g/mol. The summed E-state index contributed by atoms with van der Waals surface area (Å²) < 4.78 is 5.11. The predicted molar refractivity (Wildman–Crippen MR) is 70.5 cm³/mol. The van der Waals surface area contributed by atoms with Crippen molar-refractivity contribution in [1.82, 2.24) is 5.32 Å². The lowest BCUT2D eigenvalue weighted by molar-refractivity contribution is 0.368. The summed E-state index contributed by atoms with van der Waals surface area (Å²) in [6, 6.07) is 6.15. The van der Waals surface area contributed by atoms with Crippen LogP contribution in [0.15, 0.2) is 18.2 Å². The highest BCUT2D eigenvalue weighted by atomic mass is 16.5. The van der Waals surface area contributed by atoms with Crippen molar-refractivity contribution in [1.29, 1.82) is 0 Å². The van der Waals surface area contributed by atoms with Gasteiger partial charge in [-0.15, -0.1) is 0 Å². The molecule has 0 aromatic heterocycles. The van der Waals surface area contributed by atoms with Gasteiger partial charge in [0.15, 0.2) is 11.5 Å². The zero-order valence-corrected chi connectivity index (χ0v) is 11.3. The molecule has 0 aliphatic heterocycles. The SMILES string of the molecule is COc1cc(C(C)NC(C)C(C)C)ccc1O. The maximum atomic E-state index is 9.54. The fraction of sp³-hybridized carbons (Fsp3) is 0.571. The van der Waals surface area contributed by atoms with E-state index < -0.39 is 0 Å². The van der Waals surface area contributed by atoms with E-state index in [0.29, 0.717) is 17.7 Å². The molecule has 0 fully saturated rings. The molecule has 3 nitrogen and oxygen atoms in total. The quantitative estimate of drug-likeness (QED) is 0.827. The third kappa shape index (κ3) is 3.63. The topological polar surface area (TPSA) is 41.5 Å². The van der Waals surface area contributed by atoms with Gasteiger partial charge in [0.05, 0.1) is 7.11 Å². The van der Waals surface area contributed by atoms with Crippen molar-refractivity contribution in [3.63, 3.8) is 0 Å². The molecule has 0 bridgehead atoms. The molecule has 2 atom stereocenters. The standard InChI is InChI=1S/C14H23NO2/c1-9(2)10(3)15-11(4)12-6-7-13(16)14(8-12)17-5/h6-11,15-16H,1-5H3. The minimum Gasteiger partial charge on any atom is -0.504 e. The van der Waals surface area contributed by atoms with Crippen LogP contribution in [-0.4, -0.2) is 18.3 Å². The molecule has 0 aliphatic carbocycles. The van der Waals surface area contributed by atoms with Gasteiger partial charge in [-0.05, 0) is 37.5 Å². The number of phenolic OH excluding ortho intramolecular Hbond substituents is 1. The zero-order chi connectivity index (χ0) is 13.0. The number of ether oxygens (including phenoxy) is 1. The molecule has 96 valence electrons. The summed E-state index contributed by atoms with van der Waals surface area (Å²) in [7, 11) is 1.56. The molecule has 3 heteroatoms. The Morgan fingerprint density at radius 1 is 1.18 bits per heavy atom. The van der Waals surface area contributed by atoms with Crippen molar-refractivity contribution < 1.29 is 9.84 Å². The maximum absolute atomic E-state index is 9.54. The smallest absolute Gasteiger partial charge is 0.160 e. The Morgan fingerprint density at radius 3 is 2.35 bits per heavy atom.